The molecule has 0 saturated heterocycles. The smallest absolute Gasteiger partial charge is 0.414 e. The molecule has 0 bridgehead atoms. The van der Waals surface area contributed by atoms with Crippen LogP contribution in [0.3, 0.4) is 0 Å². The van der Waals surface area contributed by atoms with Crippen LogP contribution in [0.5, 0.6) is 5.75 Å². The van der Waals surface area contributed by atoms with Crippen LogP contribution in [0.15, 0.2) is 28.1 Å². The lowest BCUT2D eigenvalue weighted by atomic mass is 10.1. The zero-order valence-electron chi connectivity index (χ0n) is 27.7. The van der Waals surface area contributed by atoms with Gasteiger partial charge in [-0.1, -0.05) is 6.08 Å². The van der Waals surface area contributed by atoms with Crippen molar-refractivity contribution in [3.8, 4) is 5.75 Å². The average Bonchev–Trinajstić information content (AvgIpc) is 2.84. The number of aliphatic imine (C=N–C) groups is 1. The first-order chi connectivity index (χ1) is 20.2. The van der Waals surface area contributed by atoms with Crippen molar-refractivity contribution in [1.82, 2.24) is 15.4 Å². The topological polar surface area (TPSA) is 171 Å². The molecule has 0 aliphatic carbocycles. The molecule has 0 radical (unpaired) electrons. The molecule has 0 fully saturated rings. The molecule has 1 atom stereocenters. The normalized spacial score (nSPS) is 13.2. The molecule has 0 aliphatic heterocycles. The van der Waals surface area contributed by atoms with Gasteiger partial charge in [0.2, 0.25) is 5.96 Å². The fourth-order valence-electron chi connectivity index (χ4n) is 3.89. The van der Waals surface area contributed by atoms with E-state index in [0.717, 1.165) is 0 Å². The van der Waals surface area contributed by atoms with Crippen molar-refractivity contribution in [3.05, 3.63) is 34.9 Å². The Kier molecular flexibility index (Phi) is 14.2. The number of esters is 1. The second-order valence-corrected chi connectivity index (χ2v) is 13.6. The van der Waals surface area contributed by atoms with Gasteiger partial charge in [-0.15, -0.1) is 0 Å². The van der Waals surface area contributed by atoms with Gasteiger partial charge in [-0.3, -0.25) is 10.3 Å². The first kappa shape index (κ1) is 38.2. The summed E-state index contributed by atoms with van der Waals surface area (Å²) >= 11 is 0. The van der Waals surface area contributed by atoms with E-state index in [9.17, 15) is 22.8 Å². The average molecular weight is 641 g/mol. The van der Waals surface area contributed by atoms with Crippen LogP contribution in [0.1, 0.15) is 78.0 Å². The molecule has 248 valence electrons. The number of alkyl carbamates (subject to hydrolysis) is 2. The Morgan fingerprint density at radius 2 is 1.57 bits per heavy atom. The molecule has 44 heavy (non-hydrogen) atoms. The van der Waals surface area contributed by atoms with E-state index in [1.54, 1.807) is 75.3 Å². The number of amides is 2. The minimum atomic E-state index is -4.21. The van der Waals surface area contributed by atoms with Crippen LogP contribution in [-0.2, 0) is 29.0 Å². The predicted molar refractivity (Wildman–Crippen MR) is 167 cm³/mol. The second kappa shape index (κ2) is 16.3. The quantitative estimate of drug-likeness (QED) is 0.0783. The Labute approximate surface area is 261 Å². The molecule has 3 N–H and O–H groups in total. The Balaban J connectivity index is 3.26. The Morgan fingerprint density at radius 3 is 2.11 bits per heavy atom. The molecule has 1 rings (SSSR count). The van der Waals surface area contributed by atoms with Gasteiger partial charge < -0.3 is 24.3 Å². The number of carbonyl (C=O) groups is 3. The molecule has 14 heteroatoms. The molecule has 1 aromatic rings. The summed E-state index contributed by atoms with van der Waals surface area (Å²) in [5.74, 6) is -0.365. The molecule has 0 aliphatic rings. The zero-order chi connectivity index (χ0) is 33.9. The molecule has 0 spiro atoms. The minimum Gasteiger partial charge on any atom is -0.496 e. The van der Waals surface area contributed by atoms with E-state index in [4.69, 9.17) is 18.9 Å². The maximum atomic E-state index is 13.5. The van der Waals surface area contributed by atoms with Crippen molar-refractivity contribution in [3.63, 3.8) is 0 Å². The van der Waals surface area contributed by atoms with E-state index in [2.05, 4.69) is 20.3 Å². The van der Waals surface area contributed by atoms with Gasteiger partial charge in [0.15, 0.2) is 0 Å². The van der Waals surface area contributed by atoms with Gasteiger partial charge in [-0.25, -0.2) is 27.5 Å². The Bertz CT molecular complexity index is 1340. The summed E-state index contributed by atoms with van der Waals surface area (Å²) in [5.41, 5.74) is -0.00645. The SMILES string of the molecule is CCOC(=O)/C=C/C(CCCN=C(NC(=O)OC(C)(C)C)NS(=O)(=O)c1c(C)cc(OC)c(C)c1C)NC(=O)OC(C)(C)C. The van der Waals surface area contributed by atoms with E-state index < -0.39 is 45.4 Å². The van der Waals surface area contributed by atoms with Gasteiger partial charge in [-0.2, -0.15) is 0 Å². The molecular weight excluding hydrogens is 592 g/mol. The van der Waals surface area contributed by atoms with E-state index >= 15 is 0 Å². The highest BCUT2D eigenvalue weighted by molar-refractivity contribution is 7.90. The van der Waals surface area contributed by atoms with Crippen molar-refractivity contribution >= 4 is 34.1 Å². The van der Waals surface area contributed by atoms with Crippen molar-refractivity contribution in [2.75, 3.05) is 20.3 Å². The highest BCUT2D eigenvalue weighted by Crippen LogP contribution is 2.30. The summed E-state index contributed by atoms with van der Waals surface area (Å²) in [6.45, 7) is 17.1. The minimum absolute atomic E-state index is 0.0280. The summed E-state index contributed by atoms with van der Waals surface area (Å²) in [5, 5.41) is 5.07. The van der Waals surface area contributed by atoms with Crippen molar-refractivity contribution in [1.29, 1.82) is 0 Å². The largest absolute Gasteiger partial charge is 0.496 e. The lowest BCUT2D eigenvalue weighted by Gasteiger charge is -2.22. The number of nitrogens with one attached hydrogen (secondary N) is 3. The fraction of sp³-hybridized carbons (Fsp3) is 0.600. The standard InChI is InChI=1S/C30H48N4O9S/c1-12-41-24(35)16-15-22(32-27(36)42-29(5,6)7)14-13-17-31-26(33-28(37)43-30(8,9)10)34-44(38,39)25-19(2)18-23(40-11)20(3)21(25)4/h15-16,18,22H,12-14,17H2,1-11H3,(H,32,36)(H2,31,33,34,37)/b16-15+. The number of carbonyl (C=O) groups excluding carboxylic acids is 3. The van der Waals surface area contributed by atoms with E-state index in [0.29, 0.717) is 35.3 Å². The molecule has 1 unspecified atom stereocenters. The van der Waals surface area contributed by atoms with Gasteiger partial charge in [0, 0.05) is 12.6 Å². The Hall–Kier alpha value is -3.81. The van der Waals surface area contributed by atoms with Crippen LogP contribution >= 0.6 is 0 Å². The van der Waals surface area contributed by atoms with E-state index in [1.807, 2.05) is 0 Å². The van der Waals surface area contributed by atoms with Crippen LogP contribution in [0.4, 0.5) is 9.59 Å². The van der Waals surface area contributed by atoms with Crippen LogP contribution in [0.25, 0.3) is 0 Å². The first-order valence-electron chi connectivity index (χ1n) is 14.3. The third-order valence-corrected chi connectivity index (χ3v) is 7.34. The van der Waals surface area contributed by atoms with Gasteiger partial charge in [-0.05, 0) is 105 Å². The van der Waals surface area contributed by atoms with Gasteiger partial charge in [0.1, 0.15) is 17.0 Å². The second-order valence-electron chi connectivity index (χ2n) is 11.9. The maximum absolute atomic E-state index is 13.5. The first-order valence-corrected chi connectivity index (χ1v) is 15.7. The number of nitrogens with zero attached hydrogens (tertiary/aromatic N) is 1. The number of aryl methyl sites for hydroxylation is 1. The molecule has 13 nitrogen and oxygen atoms in total. The number of hydrogen-bond donors (Lipinski definition) is 3. The summed E-state index contributed by atoms with van der Waals surface area (Å²) in [6, 6.07) is 0.993. The number of methoxy groups -OCH3 is 1. The van der Waals surface area contributed by atoms with Crippen molar-refractivity contribution in [2.45, 2.75) is 104 Å². The lowest BCUT2D eigenvalue weighted by molar-refractivity contribution is -0.137. The fourth-order valence-corrected chi connectivity index (χ4v) is 5.40. The Morgan fingerprint density at radius 1 is 0.977 bits per heavy atom. The number of hydrogen-bond acceptors (Lipinski definition) is 10. The summed E-state index contributed by atoms with van der Waals surface area (Å²) in [4.78, 5) is 41.1. The van der Waals surface area contributed by atoms with Crippen LogP contribution in [0, 0.1) is 20.8 Å². The van der Waals surface area contributed by atoms with Crippen LogP contribution in [0.2, 0.25) is 0 Å². The van der Waals surface area contributed by atoms with E-state index in [1.165, 1.54) is 19.3 Å². The molecule has 0 aromatic heterocycles. The van der Waals surface area contributed by atoms with Crippen LogP contribution in [-0.4, -0.2) is 70.0 Å². The third-order valence-electron chi connectivity index (χ3n) is 5.71. The van der Waals surface area contributed by atoms with Crippen LogP contribution < -0.4 is 20.1 Å². The number of sulfonamides is 1. The van der Waals surface area contributed by atoms with Gasteiger partial charge >= 0.3 is 18.2 Å². The summed E-state index contributed by atoms with van der Waals surface area (Å²) in [7, 11) is -2.71. The molecular formula is C30H48N4O9S. The molecule has 2 amide bonds. The molecule has 0 saturated carbocycles. The van der Waals surface area contributed by atoms with Crippen molar-refractivity contribution in [2.24, 2.45) is 4.99 Å². The number of ether oxygens (including phenoxy) is 4. The summed E-state index contributed by atoms with van der Waals surface area (Å²) in [6.07, 6.45) is 1.71. The predicted octanol–water partition coefficient (Wildman–Crippen LogP) is 4.57. The number of rotatable bonds is 11. The molecule has 1 aromatic carbocycles. The molecule has 0 heterocycles. The highest BCUT2D eigenvalue weighted by atomic mass is 32.2. The monoisotopic (exact) mass is 640 g/mol. The maximum Gasteiger partial charge on any atom is 0.414 e. The van der Waals surface area contributed by atoms with Crippen molar-refractivity contribution < 1.29 is 41.7 Å². The number of guanidine groups is 1. The summed E-state index contributed by atoms with van der Waals surface area (Å²) < 4.78 is 50.3. The van der Waals surface area contributed by atoms with Gasteiger partial charge in [0.05, 0.1) is 24.7 Å². The highest BCUT2D eigenvalue weighted by Gasteiger charge is 2.26. The van der Waals surface area contributed by atoms with Gasteiger partial charge in [0.25, 0.3) is 10.0 Å². The number of benzene rings is 1. The zero-order valence-corrected chi connectivity index (χ0v) is 28.5. The van der Waals surface area contributed by atoms with E-state index in [-0.39, 0.29) is 24.0 Å². The lowest BCUT2D eigenvalue weighted by Crippen LogP contribution is -2.46. The third kappa shape index (κ3) is 13.7.